The summed E-state index contributed by atoms with van der Waals surface area (Å²) in [7, 11) is 1.51. The van der Waals surface area contributed by atoms with Gasteiger partial charge in [-0.2, -0.15) is 0 Å². The van der Waals surface area contributed by atoms with Crippen LogP contribution in [0.2, 0.25) is 0 Å². The fourth-order valence-corrected chi connectivity index (χ4v) is 2.96. The van der Waals surface area contributed by atoms with Gasteiger partial charge >= 0.3 is 0 Å². The average Bonchev–Trinajstić information content (AvgIpc) is 3.15. The Morgan fingerprint density at radius 3 is 2.62 bits per heavy atom. The van der Waals surface area contributed by atoms with Gasteiger partial charge in [0.2, 0.25) is 0 Å². The Morgan fingerprint density at radius 2 is 1.96 bits per heavy atom. The molecule has 1 saturated heterocycles. The number of hydrogen-bond acceptors (Lipinski definition) is 7. The normalized spacial score (nSPS) is 17.6. The Hall–Kier alpha value is -2.19. The number of likely N-dealkylation sites (tertiary alicyclic amines) is 1. The van der Waals surface area contributed by atoms with Crippen LogP contribution in [0.15, 0.2) is 31.1 Å². The molecule has 2 aromatic rings. The first-order valence-corrected chi connectivity index (χ1v) is 8.12. The molecule has 1 atom stereocenters. The summed E-state index contributed by atoms with van der Waals surface area (Å²) in [6.07, 6.45) is 10.3. The smallest absolute Gasteiger partial charge is 0.278 e. The van der Waals surface area contributed by atoms with Gasteiger partial charge in [-0.25, -0.2) is 15.0 Å². The van der Waals surface area contributed by atoms with Crippen LogP contribution >= 0.6 is 0 Å². The van der Waals surface area contributed by atoms with Crippen molar-refractivity contribution in [3.63, 3.8) is 0 Å². The quantitative estimate of drug-likeness (QED) is 0.800. The molecule has 0 aromatic carbocycles. The van der Waals surface area contributed by atoms with Gasteiger partial charge in [0.05, 0.1) is 13.4 Å². The third kappa shape index (κ3) is 4.21. The van der Waals surface area contributed by atoms with E-state index in [0.29, 0.717) is 24.3 Å². The second kappa shape index (κ2) is 8.07. The van der Waals surface area contributed by atoms with Gasteiger partial charge in [0.25, 0.3) is 11.8 Å². The molecular formula is C16H23N5O3. The number of ether oxygens (including phenoxy) is 2. The van der Waals surface area contributed by atoms with E-state index in [1.54, 1.807) is 0 Å². The zero-order valence-corrected chi connectivity index (χ0v) is 13.8. The molecule has 0 aliphatic carbocycles. The maximum Gasteiger partial charge on any atom is 0.278 e. The fourth-order valence-electron chi connectivity index (χ4n) is 2.96. The van der Waals surface area contributed by atoms with Gasteiger partial charge in [0.1, 0.15) is 12.7 Å². The van der Waals surface area contributed by atoms with Crippen molar-refractivity contribution < 1.29 is 14.6 Å². The molecule has 130 valence electrons. The monoisotopic (exact) mass is 333 g/mol. The number of methoxy groups -OCH3 is 1. The van der Waals surface area contributed by atoms with E-state index < -0.39 is 6.10 Å². The van der Waals surface area contributed by atoms with Gasteiger partial charge in [-0.15, -0.1) is 0 Å². The van der Waals surface area contributed by atoms with Crippen LogP contribution in [0, 0.1) is 0 Å². The van der Waals surface area contributed by atoms with Gasteiger partial charge in [-0.3, -0.25) is 0 Å². The number of aliphatic hydroxyl groups excluding tert-OH is 1. The van der Waals surface area contributed by atoms with Crippen molar-refractivity contribution in [2.75, 3.05) is 33.4 Å². The van der Waals surface area contributed by atoms with E-state index in [1.807, 2.05) is 18.7 Å². The van der Waals surface area contributed by atoms with E-state index in [4.69, 9.17) is 9.47 Å². The van der Waals surface area contributed by atoms with Gasteiger partial charge in [0, 0.05) is 50.5 Å². The molecule has 1 fully saturated rings. The predicted octanol–water partition coefficient (Wildman–Crippen LogP) is 0.758. The van der Waals surface area contributed by atoms with Crippen molar-refractivity contribution in [3.05, 3.63) is 31.1 Å². The lowest BCUT2D eigenvalue weighted by atomic mass is 10.0. The first kappa shape index (κ1) is 16.7. The van der Waals surface area contributed by atoms with Crippen LogP contribution < -0.4 is 9.47 Å². The molecular weight excluding hydrogens is 310 g/mol. The Balaban J connectivity index is 1.42. The average molecular weight is 333 g/mol. The molecule has 0 spiro atoms. The van der Waals surface area contributed by atoms with Crippen molar-refractivity contribution >= 4 is 0 Å². The van der Waals surface area contributed by atoms with Crippen molar-refractivity contribution in [2.45, 2.75) is 25.0 Å². The van der Waals surface area contributed by atoms with E-state index >= 15 is 0 Å². The minimum atomic E-state index is -0.582. The van der Waals surface area contributed by atoms with Crippen LogP contribution in [0.1, 0.15) is 18.9 Å². The first-order valence-electron chi connectivity index (χ1n) is 8.12. The highest BCUT2D eigenvalue weighted by atomic mass is 16.5. The Bertz CT molecular complexity index is 614. The second-order valence-electron chi connectivity index (χ2n) is 5.88. The number of rotatable bonds is 7. The Labute approximate surface area is 141 Å². The lowest BCUT2D eigenvalue weighted by Crippen LogP contribution is -2.41. The lowest BCUT2D eigenvalue weighted by molar-refractivity contribution is 0.0534. The summed E-state index contributed by atoms with van der Waals surface area (Å²) < 4.78 is 12.8. The van der Waals surface area contributed by atoms with Crippen LogP contribution in [0.25, 0.3) is 0 Å². The zero-order valence-electron chi connectivity index (χ0n) is 13.8. The SMILES string of the molecule is COc1nccnc1OCC(O)CN1CCC(n2ccnc2)CC1. The molecule has 1 N–H and O–H groups in total. The highest BCUT2D eigenvalue weighted by molar-refractivity contribution is 5.23. The third-order valence-corrected chi connectivity index (χ3v) is 4.21. The lowest BCUT2D eigenvalue weighted by Gasteiger charge is -2.33. The van der Waals surface area contributed by atoms with Gasteiger partial charge in [-0.1, -0.05) is 0 Å². The molecule has 0 saturated carbocycles. The number of aromatic nitrogens is 4. The zero-order chi connectivity index (χ0) is 16.8. The summed E-state index contributed by atoms with van der Waals surface area (Å²) in [5.41, 5.74) is 0. The number of aliphatic hydroxyl groups is 1. The van der Waals surface area contributed by atoms with Crippen LogP contribution in [0.3, 0.4) is 0 Å². The fraction of sp³-hybridized carbons (Fsp3) is 0.562. The van der Waals surface area contributed by atoms with E-state index in [9.17, 15) is 5.11 Å². The molecule has 0 amide bonds. The van der Waals surface area contributed by atoms with E-state index in [2.05, 4.69) is 24.4 Å². The van der Waals surface area contributed by atoms with E-state index in [1.165, 1.54) is 19.5 Å². The predicted molar refractivity (Wildman–Crippen MR) is 87.0 cm³/mol. The number of piperidine rings is 1. The molecule has 24 heavy (non-hydrogen) atoms. The number of β-amino-alcohol motifs (C(OH)–C–C–N with tert-alkyl or cyclic N) is 1. The maximum absolute atomic E-state index is 10.2. The molecule has 8 nitrogen and oxygen atoms in total. The Morgan fingerprint density at radius 1 is 1.21 bits per heavy atom. The Kier molecular flexibility index (Phi) is 5.60. The minimum absolute atomic E-state index is 0.163. The van der Waals surface area contributed by atoms with Crippen LogP contribution in [-0.2, 0) is 0 Å². The van der Waals surface area contributed by atoms with E-state index in [0.717, 1.165) is 25.9 Å². The number of hydrogen-bond donors (Lipinski definition) is 1. The molecule has 2 aromatic heterocycles. The largest absolute Gasteiger partial charge is 0.477 e. The van der Waals surface area contributed by atoms with E-state index in [-0.39, 0.29) is 6.61 Å². The van der Waals surface area contributed by atoms with Crippen LogP contribution in [0.5, 0.6) is 11.8 Å². The van der Waals surface area contributed by atoms with Crippen molar-refractivity contribution in [2.24, 2.45) is 0 Å². The summed E-state index contributed by atoms with van der Waals surface area (Å²) in [6.45, 7) is 2.65. The maximum atomic E-state index is 10.2. The van der Waals surface area contributed by atoms with Gasteiger partial charge in [-0.05, 0) is 12.8 Å². The number of nitrogens with zero attached hydrogens (tertiary/aromatic N) is 5. The molecule has 1 unspecified atom stereocenters. The van der Waals surface area contributed by atoms with Crippen molar-refractivity contribution in [1.82, 2.24) is 24.4 Å². The van der Waals surface area contributed by atoms with Crippen LogP contribution in [-0.4, -0.2) is 69.0 Å². The molecule has 1 aliphatic rings. The van der Waals surface area contributed by atoms with Crippen LogP contribution in [0.4, 0.5) is 0 Å². The molecule has 8 heteroatoms. The summed E-state index contributed by atoms with van der Waals surface area (Å²) >= 11 is 0. The highest BCUT2D eigenvalue weighted by Crippen LogP contribution is 2.22. The summed E-state index contributed by atoms with van der Waals surface area (Å²) in [5.74, 6) is 0.628. The highest BCUT2D eigenvalue weighted by Gasteiger charge is 2.22. The molecule has 0 bridgehead atoms. The summed E-state index contributed by atoms with van der Waals surface area (Å²) in [6, 6.07) is 0.501. The topological polar surface area (TPSA) is 85.5 Å². The minimum Gasteiger partial charge on any atom is -0.477 e. The molecule has 3 heterocycles. The van der Waals surface area contributed by atoms with Crippen molar-refractivity contribution in [1.29, 1.82) is 0 Å². The first-order chi connectivity index (χ1) is 11.8. The standard InChI is InChI=1S/C16H23N5O3/c1-23-15-16(19-5-4-18-15)24-11-14(22)10-20-7-2-13(3-8-20)21-9-6-17-12-21/h4-6,9,12-14,22H,2-3,7-8,10-11H2,1H3. The summed E-state index contributed by atoms with van der Waals surface area (Å²) in [4.78, 5) is 14.4. The van der Waals surface area contributed by atoms with Crippen molar-refractivity contribution in [3.8, 4) is 11.8 Å². The number of imidazole rings is 1. The molecule has 1 aliphatic heterocycles. The van der Waals surface area contributed by atoms with Gasteiger partial charge in [0.15, 0.2) is 0 Å². The molecule has 3 rings (SSSR count). The third-order valence-electron chi connectivity index (χ3n) is 4.21. The second-order valence-corrected chi connectivity index (χ2v) is 5.88. The van der Waals surface area contributed by atoms with Gasteiger partial charge < -0.3 is 24.0 Å². The molecule has 0 radical (unpaired) electrons. The summed E-state index contributed by atoms with van der Waals surface area (Å²) in [5, 5.41) is 10.2.